The summed E-state index contributed by atoms with van der Waals surface area (Å²) in [6.45, 7) is 12.7. The predicted octanol–water partition coefficient (Wildman–Crippen LogP) is 9.75. The van der Waals surface area contributed by atoms with Crippen LogP contribution in [0.2, 0.25) is 0 Å². The van der Waals surface area contributed by atoms with Crippen LogP contribution >= 0.6 is 0 Å². The summed E-state index contributed by atoms with van der Waals surface area (Å²) in [5, 5.41) is 0. The Bertz CT molecular complexity index is 945. The first-order valence-electron chi connectivity index (χ1n) is 16.1. The van der Waals surface area contributed by atoms with E-state index in [1.165, 1.54) is 64.2 Å². The van der Waals surface area contributed by atoms with Crippen LogP contribution in [-0.2, 0) is 4.74 Å². The van der Waals surface area contributed by atoms with Crippen molar-refractivity contribution in [2.24, 2.45) is 52.3 Å². The van der Waals surface area contributed by atoms with Gasteiger partial charge < -0.3 is 4.74 Å². The second kappa shape index (κ2) is 11.2. The summed E-state index contributed by atoms with van der Waals surface area (Å²) >= 11 is 0. The number of carbonyl (C=O) groups is 1. The molecule has 3 heteroatoms. The van der Waals surface area contributed by atoms with Gasteiger partial charge in [0, 0.05) is 12.7 Å². The molecule has 0 radical (unpaired) electrons. The number of fused-ring (bicyclic) bond motifs is 5. The molecule has 0 spiro atoms. The number of ether oxygens (including phenoxy) is 1. The zero-order chi connectivity index (χ0) is 27.1. The lowest BCUT2D eigenvalue weighted by atomic mass is 9.44. The van der Waals surface area contributed by atoms with Gasteiger partial charge in [0.15, 0.2) is 0 Å². The lowest BCUT2D eigenvalue weighted by Crippen LogP contribution is -2.54. The molecule has 4 aliphatic carbocycles. The molecular weight excluding hydrogens is 466 g/mol. The summed E-state index contributed by atoms with van der Waals surface area (Å²) in [5.41, 5.74) is 1.89. The van der Waals surface area contributed by atoms with Crippen molar-refractivity contribution in [2.75, 3.05) is 11.9 Å². The lowest BCUT2D eigenvalue weighted by molar-refractivity contribution is -0.129. The number of benzene rings is 1. The normalized spacial score (nSPS) is 39.1. The van der Waals surface area contributed by atoms with Crippen LogP contribution in [0.15, 0.2) is 30.3 Å². The minimum Gasteiger partial charge on any atom is -0.446 e. The Morgan fingerprint density at radius 1 is 0.921 bits per heavy atom. The van der Waals surface area contributed by atoms with Gasteiger partial charge in [-0.05, 0) is 122 Å². The Morgan fingerprint density at radius 3 is 2.37 bits per heavy atom. The summed E-state index contributed by atoms with van der Waals surface area (Å²) in [5.74, 6) is 6.09. The number of para-hydroxylation sites is 1. The van der Waals surface area contributed by atoms with E-state index in [4.69, 9.17) is 4.74 Å². The summed E-state index contributed by atoms with van der Waals surface area (Å²) in [6.07, 6.45) is 16.0. The Hall–Kier alpha value is -1.51. The molecule has 0 bridgehead atoms. The van der Waals surface area contributed by atoms with Gasteiger partial charge >= 0.3 is 6.09 Å². The molecule has 1 aromatic carbocycles. The molecular formula is C35H55NO2. The van der Waals surface area contributed by atoms with Crippen molar-refractivity contribution in [3.8, 4) is 0 Å². The molecule has 3 nitrogen and oxygen atoms in total. The number of amides is 1. The largest absolute Gasteiger partial charge is 0.446 e. The van der Waals surface area contributed by atoms with E-state index in [9.17, 15) is 4.79 Å². The Labute approximate surface area is 233 Å². The van der Waals surface area contributed by atoms with Crippen molar-refractivity contribution in [1.29, 1.82) is 0 Å². The van der Waals surface area contributed by atoms with Crippen molar-refractivity contribution in [3.05, 3.63) is 30.3 Å². The molecule has 212 valence electrons. The highest BCUT2D eigenvalue weighted by Gasteiger charge is 2.60. The second-order valence-electron chi connectivity index (χ2n) is 14.9. The van der Waals surface area contributed by atoms with Gasteiger partial charge in [-0.2, -0.15) is 0 Å². The van der Waals surface area contributed by atoms with Crippen LogP contribution in [0.3, 0.4) is 0 Å². The van der Waals surface area contributed by atoms with Crippen LogP contribution in [0.4, 0.5) is 10.5 Å². The zero-order valence-corrected chi connectivity index (χ0v) is 25.3. The molecule has 0 saturated heterocycles. The molecule has 0 unspecified atom stereocenters. The fourth-order valence-electron chi connectivity index (χ4n) is 10.3. The molecule has 0 aliphatic heterocycles. The number of hydrogen-bond acceptors (Lipinski definition) is 2. The van der Waals surface area contributed by atoms with Crippen molar-refractivity contribution < 1.29 is 9.53 Å². The molecule has 0 aromatic heterocycles. The topological polar surface area (TPSA) is 29.5 Å². The van der Waals surface area contributed by atoms with E-state index >= 15 is 0 Å². The first-order chi connectivity index (χ1) is 18.1. The summed E-state index contributed by atoms with van der Waals surface area (Å²) in [4.78, 5) is 14.6. The third kappa shape index (κ3) is 5.17. The predicted molar refractivity (Wildman–Crippen MR) is 158 cm³/mol. The van der Waals surface area contributed by atoms with Crippen LogP contribution in [-0.4, -0.2) is 19.2 Å². The molecule has 4 fully saturated rings. The summed E-state index contributed by atoms with van der Waals surface area (Å²) in [7, 11) is 1.83. The minimum absolute atomic E-state index is 0.0692. The molecule has 4 saturated carbocycles. The van der Waals surface area contributed by atoms with Crippen molar-refractivity contribution in [2.45, 2.75) is 118 Å². The molecule has 5 rings (SSSR count). The minimum atomic E-state index is -0.202. The third-order valence-corrected chi connectivity index (χ3v) is 12.5. The number of hydrogen-bond donors (Lipinski definition) is 0. The summed E-state index contributed by atoms with van der Waals surface area (Å²) in [6, 6.07) is 9.86. The van der Waals surface area contributed by atoms with E-state index in [0.29, 0.717) is 16.7 Å². The van der Waals surface area contributed by atoms with Gasteiger partial charge in [0.05, 0.1) is 0 Å². The van der Waals surface area contributed by atoms with E-state index in [-0.39, 0.29) is 12.2 Å². The van der Waals surface area contributed by atoms with Gasteiger partial charge in [0.2, 0.25) is 0 Å². The number of rotatable bonds is 7. The first-order valence-corrected chi connectivity index (χ1v) is 16.1. The molecule has 1 aromatic rings. The maximum absolute atomic E-state index is 12.9. The highest BCUT2D eigenvalue weighted by molar-refractivity contribution is 5.86. The molecule has 0 heterocycles. The highest BCUT2D eigenvalue weighted by atomic mass is 16.6. The number of carbonyl (C=O) groups excluding carboxylic acids is 1. The SMILES string of the molecule is CC(C)CCC[C@@H](C)[C@H]1CC[C@H]2[C@@H]3CC[C@H]4C[C@@H](OC(=O)N(C)c5ccccc5)CC[C@]4(C)[C@H]3CC[C@]12C. The average molecular weight is 522 g/mol. The van der Waals surface area contributed by atoms with E-state index < -0.39 is 0 Å². The Morgan fingerprint density at radius 2 is 1.63 bits per heavy atom. The van der Waals surface area contributed by atoms with Crippen LogP contribution in [0.5, 0.6) is 0 Å². The molecule has 9 atom stereocenters. The second-order valence-corrected chi connectivity index (χ2v) is 14.9. The van der Waals surface area contributed by atoms with E-state index in [1.54, 1.807) is 4.90 Å². The van der Waals surface area contributed by atoms with E-state index in [1.807, 2.05) is 37.4 Å². The summed E-state index contributed by atoms with van der Waals surface area (Å²) < 4.78 is 6.10. The van der Waals surface area contributed by atoms with Crippen molar-refractivity contribution in [1.82, 2.24) is 0 Å². The third-order valence-electron chi connectivity index (χ3n) is 12.5. The fraction of sp³-hybridized carbons (Fsp3) is 0.800. The zero-order valence-electron chi connectivity index (χ0n) is 25.3. The Kier molecular flexibility index (Phi) is 8.24. The maximum Gasteiger partial charge on any atom is 0.414 e. The van der Waals surface area contributed by atoms with Crippen molar-refractivity contribution >= 4 is 11.8 Å². The number of anilines is 1. The average Bonchev–Trinajstić information content (AvgIpc) is 3.26. The molecule has 4 aliphatic rings. The molecule has 1 amide bonds. The fourth-order valence-corrected chi connectivity index (χ4v) is 10.3. The smallest absolute Gasteiger partial charge is 0.414 e. The first kappa shape index (κ1) is 28.0. The van der Waals surface area contributed by atoms with E-state index in [2.05, 4.69) is 34.6 Å². The molecule has 0 N–H and O–H groups in total. The van der Waals surface area contributed by atoms with Crippen LogP contribution in [0.25, 0.3) is 0 Å². The van der Waals surface area contributed by atoms with Gasteiger partial charge in [0.1, 0.15) is 6.10 Å². The number of nitrogens with zero attached hydrogens (tertiary/aromatic N) is 1. The quantitative estimate of drug-likeness (QED) is 0.357. The van der Waals surface area contributed by atoms with Crippen LogP contribution < -0.4 is 4.90 Å². The maximum atomic E-state index is 12.9. The van der Waals surface area contributed by atoms with Crippen molar-refractivity contribution in [3.63, 3.8) is 0 Å². The van der Waals surface area contributed by atoms with E-state index in [0.717, 1.165) is 54.0 Å². The van der Waals surface area contributed by atoms with Gasteiger partial charge in [-0.15, -0.1) is 0 Å². The van der Waals surface area contributed by atoms with Gasteiger partial charge in [-0.3, -0.25) is 4.90 Å². The van der Waals surface area contributed by atoms with Gasteiger partial charge in [-0.1, -0.05) is 72.1 Å². The lowest BCUT2D eigenvalue weighted by Gasteiger charge is -2.61. The standard InChI is InChI=1S/C35H55NO2/c1-24(2)11-10-12-25(3)30-17-18-31-29-16-15-26-23-28(38-33(37)36(6)27-13-8-7-9-14-27)19-21-34(26,4)32(29)20-22-35(30,31)5/h7-9,13-14,24-26,28-32H,10-12,15-23H2,1-6H3/t25-,26+,28+,29+,30-,31+,32+,34+,35-/m1/s1. The van der Waals surface area contributed by atoms with Gasteiger partial charge in [0.25, 0.3) is 0 Å². The Balaban J connectivity index is 1.20. The molecule has 38 heavy (non-hydrogen) atoms. The highest BCUT2D eigenvalue weighted by Crippen LogP contribution is 2.68. The monoisotopic (exact) mass is 521 g/mol. The van der Waals surface area contributed by atoms with Crippen LogP contribution in [0.1, 0.15) is 112 Å². The van der Waals surface area contributed by atoms with Crippen LogP contribution in [0, 0.1) is 52.3 Å². The van der Waals surface area contributed by atoms with Gasteiger partial charge in [-0.25, -0.2) is 4.79 Å².